The van der Waals surface area contributed by atoms with Crippen molar-refractivity contribution in [3.63, 3.8) is 0 Å². The second-order valence-corrected chi connectivity index (χ2v) is 3.62. The predicted molar refractivity (Wildman–Crippen MR) is 58.4 cm³/mol. The van der Waals surface area contributed by atoms with Gasteiger partial charge in [0.1, 0.15) is 11.8 Å². The van der Waals surface area contributed by atoms with E-state index < -0.39 is 5.56 Å². The molecule has 0 saturated carbocycles. The summed E-state index contributed by atoms with van der Waals surface area (Å²) in [5.41, 5.74) is 0.833. The molecule has 1 heterocycles. The molecular formula is C12H5N3O2. The number of H-pyrrole nitrogens is 1. The molecule has 0 bridgehead atoms. The molecule has 0 radical (unpaired) electrons. The Labute approximate surface area is 95.4 Å². The van der Waals surface area contributed by atoms with E-state index in [9.17, 15) is 9.59 Å². The number of hydrogen-bond donors (Lipinski definition) is 1. The Hall–Kier alpha value is -2.74. The van der Waals surface area contributed by atoms with Crippen LogP contribution in [0, 0.1) is 11.3 Å². The van der Waals surface area contributed by atoms with Gasteiger partial charge in [-0.05, 0) is 0 Å². The van der Waals surface area contributed by atoms with Gasteiger partial charge in [-0.3, -0.25) is 9.59 Å². The zero-order valence-corrected chi connectivity index (χ0v) is 8.52. The van der Waals surface area contributed by atoms with Gasteiger partial charge in [-0.15, -0.1) is 0 Å². The van der Waals surface area contributed by atoms with Gasteiger partial charge in [0.15, 0.2) is 0 Å². The SMILES string of the molecule is N#Cc1nc2c([nH]c1=O)-c1ccccc1C2=O. The highest BCUT2D eigenvalue weighted by Crippen LogP contribution is 2.32. The van der Waals surface area contributed by atoms with E-state index >= 15 is 0 Å². The highest BCUT2D eigenvalue weighted by Gasteiger charge is 2.29. The number of carbonyl (C=O) groups is 1. The molecule has 0 saturated heterocycles. The number of ketones is 1. The maximum Gasteiger partial charge on any atom is 0.285 e. The lowest BCUT2D eigenvalue weighted by Gasteiger charge is -1.97. The summed E-state index contributed by atoms with van der Waals surface area (Å²) in [6.45, 7) is 0. The van der Waals surface area contributed by atoms with Crippen molar-refractivity contribution in [2.75, 3.05) is 0 Å². The largest absolute Gasteiger partial charge is 0.317 e. The number of fused-ring (bicyclic) bond motifs is 3. The van der Waals surface area contributed by atoms with Crippen molar-refractivity contribution in [1.82, 2.24) is 9.97 Å². The third kappa shape index (κ3) is 1.15. The van der Waals surface area contributed by atoms with Gasteiger partial charge in [0, 0.05) is 11.1 Å². The van der Waals surface area contributed by atoms with Crippen LogP contribution in [-0.2, 0) is 0 Å². The Bertz CT molecular complexity index is 753. The highest BCUT2D eigenvalue weighted by atomic mass is 16.1. The Morgan fingerprint density at radius 1 is 1.18 bits per heavy atom. The normalized spacial score (nSPS) is 11.8. The standard InChI is InChI=1S/C12H5N3O2/c13-5-8-12(17)15-9-6-3-1-2-4-7(6)11(16)10(9)14-8/h1-4H,(H,15,17). The molecule has 3 rings (SSSR count). The molecule has 0 amide bonds. The van der Waals surface area contributed by atoms with E-state index in [0.717, 1.165) is 0 Å². The summed E-state index contributed by atoms with van der Waals surface area (Å²) in [7, 11) is 0. The van der Waals surface area contributed by atoms with Crippen LogP contribution >= 0.6 is 0 Å². The Balaban J connectivity index is 2.41. The van der Waals surface area contributed by atoms with Crippen LogP contribution in [0.2, 0.25) is 0 Å². The molecule has 17 heavy (non-hydrogen) atoms. The van der Waals surface area contributed by atoms with Gasteiger partial charge in [0.2, 0.25) is 11.5 Å². The first kappa shape index (κ1) is 9.48. The van der Waals surface area contributed by atoms with E-state index in [-0.39, 0.29) is 17.2 Å². The summed E-state index contributed by atoms with van der Waals surface area (Å²) >= 11 is 0. The molecule has 80 valence electrons. The quantitative estimate of drug-likeness (QED) is 0.612. The second kappa shape index (κ2) is 3.12. The first-order chi connectivity index (χ1) is 8.22. The number of rotatable bonds is 0. The van der Waals surface area contributed by atoms with Crippen LogP contribution in [0.4, 0.5) is 0 Å². The molecule has 1 aromatic heterocycles. The molecule has 0 aliphatic heterocycles. The number of aromatic nitrogens is 2. The van der Waals surface area contributed by atoms with Crippen molar-refractivity contribution in [3.8, 4) is 17.3 Å². The summed E-state index contributed by atoms with van der Waals surface area (Å²) < 4.78 is 0. The number of benzene rings is 1. The van der Waals surface area contributed by atoms with Crippen LogP contribution in [0.15, 0.2) is 29.1 Å². The van der Waals surface area contributed by atoms with Crippen LogP contribution in [0.5, 0.6) is 0 Å². The number of nitriles is 1. The van der Waals surface area contributed by atoms with E-state index in [4.69, 9.17) is 5.26 Å². The average molecular weight is 223 g/mol. The van der Waals surface area contributed by atoms with Crippen LogP contribution in [0.1, 0.15) is 21.7 Å². The van der Waals surface area contributed by atoms with E-state index in [1.54, 1.807) is 30.3 Å². The van der Waals surface area contributed by atoms with Gasteiger partial charge < -0.3 is 4.98 Å². The monoisotopic (exact) mass is 223 g/mol. The zero-order valence-electron chi connectivity index (χ0n) is 8.52. The fraction of sp³-hybridized carbons (Fsp3) is 0. The third-order valence-corrected chi connectivity index (χ3v) is 2.68. The van der Waals surface area contributed by atoms with Crippen LogP contribution < -0.4 is 5.56 Å². The molecule has 0 fully saturated rings. The number of nitrogens with zero attached hydrogens (tertiary/aromatic N) is 2. The summed E-state index contributed by atoms with van der Waals surface area (Å²) in [5.74, 6) is -0.261. The first-order valence-corrected chi connectivity index (χ1v) is 4.91. The van der Waals surface area contributed by atoms with Crippen molar-refractivity contribution >= 4 is 5.78 Å². The molecule has 1 aromatic carbocycles. The van der Waals surface area contributed by atoms with Crippen LogP contribution in [-0.4, -0.2) is 15.8 Å². The molecule has 1 N–H and O–H groups in total. The van der Waals surface area contributed by atoms with E-state index in [0.29, 0.717) is 16.8 Å². The topological polar surface area (TPSA) is 86.6 Å². The lowest BCUT2D eigenvalue weighted by atomic mass is 10.1. The second-order valence-electron chi connectivity index (χ2n) is 3.62. The molecule has 5 nitrogen and oxygen atoms in total. The summed E-state index contributed by atoms with van der Waals surface area (Å²) in [6.07, 6.45) is 0. The van der Waals surface area contributed by atoms with Gasteiger partial charge in [-0.1, -0.05) is 24.3 Å². The molecule has 5 heteroatoms. The van der Waals surface area contributed by atoms with Crippen molar-refractivity contribution in [3.05, 3.63) is 51.6 Å². The van der Waals surface area contributed by atoms with Crippen molar-refractivity contribution < 1.29 is 4.79 Å². The van der Waals surface area contributed by atoms with Gasteiger partial charge in [0.25, 0.3) is 5.56 Å². The number of aromatic amines is 1. The molecule has 0 unspecified atom stereocenters. The van der Waals surface area contributed by atoms with Gasteiger partial charge >= 0.3 is 0 Å². The van der Waals surface area contributed by atoms with Crippen molar-refractivity contribution in [2.24, 2.45) is 0 Å². The minimum absolute atomic E-state index is 0.141. The summed E-state index contributed by atoms with van der Waals surface area (Å²) in [6, 6.07) is 8.59. The fourth-order valence-corrected chi connectivity index (χ4v) is 1.91. The molecule has 1 aliphatic rings. The smallest absolute Gasteiger partial charge is 0.285 e. The highest BCUT2D eigenvalue weighted by molar-refractivity contribution is 6.19. The fourth-order valence-electron chi connectivity index (χ4n) is 1.91. The Morgan fingerprint density at radius 3 is 2.59 bits per heavy atom. The third-order valence-electron chi connectivity index (χ3n) is 2.68. The molecule has 2 aromatic rings. The minimum atomic E-state index is -0.573. The van der Waals surface area contributed by atoms with Crippen molar-refractivity contribution in [2.45, 2.75) is 0 Å². The number of hydrogen-bond acceptors (Lipinski definition) is 4. The van der Waals surface area contributed by atoms with Gasteiger partial charge in [-0.25, -0.2) is 4.98 Å². The number of carbonyl (C=O) groups excluding carboxylic acids is 1. The van der Waals surface area contributed by atoms with E-state index in [1.807, 2.05) is 0 Å². The van der Waals surface area contributed by atoms with Gasteiger partial charge in [-0.2, -0.15) is 5.26 Å². The molecule has 0 spiro atoms. The van der Waals surface area contributed by atoms with E-state index in [1.165, 1.54) is 0 Å². The molecule has 0 atom stereocenters. The zero-order chi connectivity index (χ0) is 12.0. The maximum atomic E-state index is 12.0. The minimum Gasteiger partial charge on any atom is -0.317 e. The first-order valence-electron chi connectivity index (χ1n) is 4.91. The number of nitrogens with one attached hydrogen (secondary N) is 1. The average Bonchev–Trinajstić information content (AvgIpc) is 2.63. The maximum absolute atomic E-state index is 12.0. The Kier molecular flexibility index (Phi) is 1.74. The summed E-state index contributed by atoms with van der Waals surface area (Å²) in [4.78, 5) is 29.8. The lowest BCUT2D eigenvalue weighted by Crippen LogP contribution is -2.15. The molecule has 1 aliphatic carbocycles. The Morgan fingerprint density at radius 2 is 1.88 bits per heavy atom. The summed E-state index contributed by atoms with van der Waals surface area (Å²) in [5, 5.41) is 8.71. The lowest BCUT2D eigenvalue weighted by molar-refractivity contribution is 0.103. The molecular weight excluding hydrogens is 218 g/mol. The van der Waals surface area contributed by atoms with Crippen LogP contribution in [0.3, 0.4) is 0 Å². The predicted octanol–water partition coefficient (Wildman–Crippen LogP) is 0.853. The van der Waals surface area contributed by atoms with E-state index in [2.05, 4.69) is 9.97 Å². The van der Waals surface area contributed by atoms with Crippen molar-refractivity contribution in [1.29, 1.82) is 5.26 Å². The van der Waals surface area contributed by atoms with Crippen LogP contribution in [0.25, 0.3) is 11.3 Å². The van der Waals surface area contributed by atoms with Gasteiger partial charge in [0.05, 0.1) is 5.69 Å².